The number of hydrogen-bond acceptors (Lipinski definition) is 2. The lowest BCUT2D eigenvalue weighted by atomic mass is 9.92. The zero-order valence-electron chi connectivity index (χ0n) is 14.6. The van der Waals surface area contributed by atoms with Crippen molar-refractivity contribution in [3.8, 4) is 0 Å². The van der Waals surface area contributed by atoms with E-state index in [2.05, 4.69) is 6.07 Å². The molecule has 0 unspecified atom stereocenters. The van der Waals surface area contributed by atoms with Crippen LogP contribution in [0, 0.1) is 13.8 Å². The van der Waals surface area contributed by atoms with Crippen molar-refractivity contribution in [1.82, 2.24) is 4.57 Å². The number of fused-ring (bicyclic) bond motifs is 1. The predicted octanol–water partition coefficient (Wildman–Crippen LogP) is 4.25. The summed E-state index contributed by atoms with van der Waals surface area (Å²) >= 11 is 0. The van der Waals surface area contributed by atoms with E-state index in [9.17, 15) is 9.59 Å². The molecule has 1 heterocycles. The van der Waals surface area contributed by atoms with E-state index in [1.54, 1.807) is 0 Å². The average Bonchev–Trinajstić information content (AvgIpc) is 3.04. The molecule has 0 fully saturated rings. The number of ketones is 2. The number of hydrogen-bond donors (Lipinski definition) is 0. The summed E-state index contributed by atoms with van der Waals surface area (Å²) in [6.07, 6.45) is 1.92. The second kappa shape index (κ2) is 5.55. The molecule has 1 aliphatic rings. The van der Waals surface area contributed by atoms with Crippen LogP contribution in [0.4, 0.5) is 0 Å². The zero-order chi connectivity index (χ0) is 17.7. The Hall–Kier alpha value is -2.94. The fraction of sp³-hybridized carbons (Fsp3) is 0.182. The minimum atomic E-state index is -0.0867. The van der Waals surface area contributed by atoms with Crippen molar-refractivity contribution >= 4 is 33.6 Å². The van der Waals surface area contributed by atoms with Crippen molar-refractivity contribution in [2.24, 2.45) is 7.05 Å². The molecule has 0 N–H and O–H groups in total. The van der Waals surface area contributed by atoms with E-state index in [1.165, 1.54) is 0 Å². The first-order valence-corrected chi connectivity index (χ1v) is 8.40. The van der Waals surface area contributed by atoms with Gasteiger partial charge in [-0.15, -0.1) is 0 Å². The molecule has 0 atom stereocenters. The van der Waals surface area contributed by atoms with E-state index in [0.29, 0.717) is 11.1 Å². The molecule has 4 rings (SSSR count). The smallest absolute Gasteiger partial charge is 0.172 e. The highest BCUT2D eigenvalue weighted by atomic mass is 16.2. The van der Waals surface area contributed by atoms with E-state index < -0.39 is 0 Å². The van der Waals surface area contributed by atoms with E-state index in [0.717, 1.165) is 33.2 Å². The van der Waals surface area contributed by atoms with Crippen molar-refractivity contribution < 1.29 is 9.59 Å². The quantitative estimate of drug-likeness (QED) is 0.659. The molecule has 3 aromatic rings. The number of benzene rings is 2. The summed E-state index contributed by atoms with van der Waals surface area (Å²) in [6.45, 7) is 4.02. The standard InChI is InChI=1S/C22H19NO2/c1-13-8-9-15(14(2)10-13)21-19(24)11-20(25)22(21)17-12-23(3)18-7-5-4-6-16(17)18/h4-10,12H,11H2,1-3H3. The molecular weight excluding hydrogens is 310 g/mol. The van der Waals surface area contributed by atoms with Crippen LogP contribution in [-0.2, 0) is 16.6 Å². The average molecular weight is 329 g/mol. The van der Waals surface area contributed by atoms with Crippen LogP contribution >= 0.6 is 0 Å². The van der Waals surface area contributed by atoms with Crippen molar-refractivity contribution in [3.63, 3.8) is 0 Å². The molecule has 2 aromatic carbocycles. The second-order valence-electron chi connectivity index (χ2n) is 6.76. The summed E-state index contributed by atoms with van der Waals surface area (Å²) in [6, 6.07) is 14.0. The van der Waals surface area contributed by atoms with Crippen LogP contribution in [0.25, 0.3) is 22.0 Å². The third-order valence-electron chi connectivity index (χ3n) is 4.95. The second-order valence-corrected chi connectivity index (χ2v) is 6.76. The van der Waals surface area contributed by atoms with Crippen LogP contribution < -0.4 is 0 Å². The third kappa shape index (κ3) is 2.35. The van der Waals surface area contributed by atoms with Crippen molar-refractivity contribution in [2.75, 3.05) is 0 Å². The van der Waals surface area contributed by atoms with Crippen molar-refractivity contribution in [1.29, 1.82) is 0 Å². The van der Waals surface area contributed by atoms with Gasteiger partial charge in [-0.05, 0) is 31.0 Å². The molecule has 1 aliphatic carbocycles. The van der Waals surface area contributed by atoms with Gasteiger partial charge in [-0.2, -0.15) is 0 Å². The maximum atomic E-state index is 12.7. The van der Waals surface area contributed by atoms with Gasteiger partial charge in [0.1, 0.15) is 0 Å². The minimum absolute atomic E-state index is 0.0405. The normalized spacial score (nSPS) is 14.8. The number of aryl methyl sites for hydroxylation is 3. The molecule has 0 saturated heterocycles. The molecule has 3 heteroatoms. The molecule has 0 spiro atoms. The minimum Gasteiger partial charge on any atom is -0.350 e. The maximum absolute atomic E-state index is 12.7. The summed E-state index contributed by atoms with van der Waals surface area (Å²) < 4.78 is 2.01. The molecule has 0 bridgehead atoms. The first-order valence-electron chi connectivity index (χ1n) is 8.40. The summed E-state index contributed by atoms with van der Waals surface area (Å²) in [5.41, 5.74) is 6.07. The van der Waals surface area contributed by atoms with E-state index in [4.69, 9.17) is 0 Å². The van der Waals surface area contributed by atoms with Gasteiger partial charge in [0.2, 0.25) is 0 Å². The number of nitrogens with zero attached hydrogens (tertiary/aromatic N) is 1. The van der Waals surface area contributed by atoms with E-state index in [1.807, 2.05) is 68.1 Å². The number of Topliss-reactive ketones (excluding diaryl/α,β-unsaturated/α-hetero) is 2. The zero-order valence-corrected chi connectivity index (χ0v) is 14.6. The fourth-order valence-corrected chi connectivity index (χ4v) is 3.81. The molecule has 0 aliphatic heterocycles. The van der Waals surface area contributed by atoms with Crippen LogP contribution in [-0.4, -0.2) is 16.1 Å². The Bertz CT molecular complexity index is 1080. The molecular formula is C22H19NO2. The number of carbonyl (C=O) groups excluding carboxylic acids is 2. The van der Waals surface area contributed by atoms with Crippen LogP contribution in [0.5, 0.6) is 0 Å². The Morgan fingerprint density at radius 3 is 2.28 bits per heavy atom. The Morgan fingerprint density at radius 1 is 0.880 bits per heavy atom. The lowest BCUT2D eigenvalue weighted by molar-refractivity contribution is -0.119. The highest BCUT2D eigenvalue weighted by Crippen LogP contribution is 2.39. The largest absolute Gasteiger partial charge is 0.350 e. The monoisotopic (exact) mass is 329 g/mol. The summed E-state index contributed by atoms with van der Waals surface area (Å²) in [4.78, 5) is 25.4. The Labute approximate surface area is 146 Å². The molecule has 1 aromatic heterocycles. The van der Waals surface area contributed by atoms with Gasteiger partial charge in [0.05, 0.1) is 6.42 Å². The number of allylic oxidation sites excluding steroid dienone is 2. The van der Waals surface area contributed by atoms with Crippen molar-refractivity contribution in [2.45, 2.75) is 20.3 Å². The molecule has 0 amide bonds. The van der Waals surface area contributed by atoms with Crippen LogP contribution in [0.3, 0.4) is 0 Å². The van der Waals surface area contributed by atoms with Gasteiger partial charge in [-0.1, -0.05) is 42.0 Å². The van der Waals surface area contributed by atoms with Gasteiger partial charge >= 0.3 is 0 Å². The molecule has 0 radical (unpaired) electrons. The van der Waals surface area contributed by atoms with Crippen LogP contribution in [0.15, 0.2) is 48.7 Å². The Morgan fingerprint density at radius 2 is 1.56 bits per heavy atom. The van der Waals surface area contributed by atoms with Crippen LogP contribution in [0.1, 0.15) is 28.7 Å². The fourth-order valence-electron chi connectivity index (χ4n) is 3.81. The first-order chi connectivity index (χ1) is 12.0. The van der Waals surface area contributed by atoms with Gasteiger partial charge in [0, 0.05) is 40.9 Å². The van der Waals surface area contributed by atoms with E-state index in [-0.39, 0.29) is 18.0 Å². The summed E-state index contributed by atoms with van der Waals surface area (Å²) in [7, 11) is 1.96. The van der Waals surface area contributed by atoms with Crippen LogP contribution in [0.2, 0.25) is 0 Å². The first kappa shape index (κ1) is 15.6. The molecule has 3 nitrogen and oxygen atoms in total. The highest BCUT2D eigenvalue weighted by Gasteiger charge is 2.34. The van der Waals surface area contributed by atoms with Gasteiger partial charge in [0.25, 0.3) is 0 Å². The lowest BCUT2D eigenvalue weighted by Gasteiger charge is -2.09. The SMILES string of the molecule is Cc1ccc(C2=C(c3cn(C)c4ccccc34)C(=O)CC2=O)c(C)c1. The van der Waals surface area contributed by atoms with Crippen molar-refractivity contribution in [3.05, 3.63) is 70.9 Å². The molecule has 124 valence electrons. The van der Waals surface area contributed by atoms with Gasteiger partial charge in [0.15, 0.2) is 11.6 Å². The Kier molecular flexibility index (Phi) is 3.46. The predicted molar refractivity (Wildman–Crippen MR) is 100 cm³/mol. The van der Waals surface area contributed by atoms with Gasteiger partial charge in [-0.25, -0.2) is 0 Å². The number of rotatable bonds is 2. The number of aromatic nitrogens is 1. The number of carbonyl (C=O) groups is 2. The summed E-state index contributed by atoms with van der Waals surface area (Å²) in [5.74, 6) is -0.170. The van der Waals surface area contributed by atoms with E-state index >= 15 is 0 Å². The molecule has 25 heavy (non-hydrogen) atoms. The summed E-state index contributed by atoms with van der Waals surface area (Å²) in [5, 5.41) is 1.00. The van der Waals surface area contributed by atoms with Gasteiger partial charge in [-0.3, -0.25) is 9.59 Å². The highest BCUT2D eigenvalue weighted by molar-refractivity contribution is 6.51. The molecule has 0 saturated carbocycles. The Balaban J connectivity index is 2.06. The third-order valence-corrected chi connectivity index (χ3v) is 4.95. The maximum Gasteiger partial charge on any atom is 0.172 e. The topological polar surface area (TPSA) is 39.1 Å². The lowest BCUT2D eigenvalue weighted by Crippen LogP contribution is -1.99. The number of para-hydroxylation sites is 1. The van der Waals surface area contributed by atoms with Gasteiger partial charge < -0.3 is 4.57 Å².